The normalized spacial score (nSPS) is 10.5. The van der Waals surface area contributed by atoms with Gasteiger partial charge in [0, 0.05) is 30.6 Å². The van der Waals surface area contributed by atoms with E-state index in [4.69, 9.17) is 4.52 Å². The fourth-order valence-electron chi connectivity index (χ4n) is 1.78. The van der Waals surface area contributed by atoms with Crippen molar-refractivity contribution in [3.05, 3.63) is 42.1 Å². The van der Waals surface area contributed by atoms with Crippen molar-refractivity contribution in [1.82, 2.24) is 15.8 Å². The van der Waals surface area contributed by atoms with Crippen LogP contribution in [0.25, 0.3) is 11.3 Å². The summed E-state index contributed by atoms with van der Waals surface area (Å²) in [5.41, 5.74) is 1.08. The van der Waals surface area contributed by atoms with Crippen LogP contribution in [0.4, 0.5) is 0 Å². The zero-order valence-corrected chi connectivity index (χ0v) is 12.6. The zero-order valence-electron chi connectivity index (χ0n) is 12.6. The molecule has 2 amide bonds. The molecule has 6 heteroatoms. The third-order valence-electron chi connectivity index (χ3n) is 3.04. The lowest BCUT2D eigenvalue weighted by molar-refractivity contribution is -0.123. The second kappa shape index (κ2) is 7.40. The summed E-state index contributed by atoms with van der Waals surface area (Å²) in [6.45, 7) is 4.35. The molecule has 1 aromatic heterocycles. The van der Waals surface area contributed by atoms with Gasteiger partial charge in [-0.15, -0.1) is 0 Å². The summed E-state index contributed by atoms with van der Waals surface area (Å²) in [6.07, 6.45) is 0. The molecule has 0 fully saturated rings. The summed E-state index contributed by atoms with van der Waals surface area (Å²) in [5, 5.41) is 9.16. The first-order chi connectivity index (χ1) is 10.6. The van der Waals surface area contributed by atoms with Crippen molar-refractivity contribution in [2.24, 2.45) is 5.92 Å². The molecule has 0 saturated heterocycles. The van der Waals surface area contributed by atoms with Crippen molar-refractivity contribution in [1.29, 1.82) is 0 Å². The number of nitrogens with one attached hydrogen (secondary N) is 2. The second-order valence-electron chi connectivity index (χ2n) is 5.14. The van der Waals surface area contributed by atoms with E-state index in [1.165, 1.54) is 0 Å². The number of amides is 2. The third-order valence-corrected chi connectivity index (χ3v) is 3.04. The van der Waals surface area contributed by atoms with Gasteiger partial charge in [-0.1, -0.05) is 49.3 Å². The highest BCUT2D eigenvalue weighted by Crippen LogP contribution is 2.19. The van der Waals surface area contributed by atoms with Crippen LogP contribution in [0.1, 0.15) is 24.3 Å². The molecule has 2 N–H and O–H groups in total. The molecular formula is C16H19N3O3. The van der Waals surface area contributed by atoms with Gasteiger partial charge < -0.3 is 15.2 Å². The number of aromatic nitrogens is 1. The van der Waals surface area contributed by atoms with Crippen molar-refractivity contribution in [2.45, 2.75) is 13.8 Å². The third kappa shape index (κ3) is 4.18. The van der Waals surface area contributed by atoms with Crippen molar-refractivity contribution in [2.75, 3.05) is 13.1 Å². The number of benzene rings is 1. The first-order valence-corrected chi connectivity index (χ1v) is 7.16. The summed E-state index contributed by atoms with van der Waals surface area (Å²) in [5.74, 6) is 0.102. The first kappa shape index (κ1) is 15.8. The largest absolute Gasteiger partial charge is 0.355 e. The van der Waals surface area contributed by atoms with Crippen LogP contribution in [0, 0.1) is 5.92 Å². The highest BCUT2D eigenvalue weighted by atomic mass is 16.5. The van der Waals surface area contributed by atoms with Gasteiger partial charge in [0.05, 0.1) is 0 Å². The molecule has 1 heterocycles. The van der Waals surface area contributed by atoms with Crippen LogP contribution in [-0.2, 0) is 4.79 Å². The Labute approximate surface area is 128 Å². The van der Waals surface area contributed by atoms with E-state index in [0.717, 1.165) is 5.56 Å². The van der Waals surface area contributed by atoms with Crippen LogP contribution in [0.3, 0.4) is 0 Å². The van der Waals surface area contributed by atoms with Crippen molar-refractivity contribution in [3.63, 3.8) is 0 Å². The molecule has 1 aromatic carbocycles. The van der Waals surface area contributed by atoms with Gasteiger partial charge in [-0.25, -0.2) is 0 Å². The van der Waals surface area contributed by atoms with E-state index in [1.807, 2.05) is 44.2 Å². The van der Waals surface area contributed by atoms with Gasteiger partial charge in [-0.05, 0) is 0 Å². The molecule has 2 rings (SSSR count). The number of hydrogen-bond acceptors (Lipinski definition) is 4. The molecule has 2 aromatic rings. The SMILES string of the molecule is CC(C)C(=O)NCCNC(=O)c1cc(-c2ccccc2)on1. The molecular weight excluding hydrogens is 282 g/mol. The summed E-state index contributed by atoms with van der Waals surface area (Å²) in [6, 6.07) is 11.0. The van der Waals surface area contributed by atoms with E-state index in [0.29, 0.717) is 18.8 Å². The predicted molar refractivity (Wildman–Crippen MR) is 82.1 cm³/mol. The monoisotopic (exact) mass is 301 g/mol. The molecule has 0 radical (unpaired) electrons. The number of nitrogens with zero attached hydrogens (tertiary/aromatic N) is 1. The van der Waals surface area contributed by atoms with Gasteiger partial charge in [-0.2, -0.15) is 0 Å². The highest BCUT2D eigenvalue weighted by Gasteiger charge is 2.13. The minimum Gasteiger partial charge on any atom is -0.355 e. The summed E-state index contributed by atoms with van der Waals surface area (Å²) >= 11 is 0. The molecule has 0 unspecified atom stereocenters. The fourth-order valence-corrected chi connectivity index (χ4v) is 1.78. The van der Waals surface area contributed by atoms with Crippen LogP contribution in [0.2, 0.25) is 0 Å². The first-order valence-electron chi connectivity index (χ1n) is 7.16. The van der Waals surface area contributed by atoms with Crippen molar-refractivity contribution < 1.29 is 14.1 Å². The lowest BCUT2D eigenvalue weighted by Gasteiger charge is -2.07. The molecule has 0 aliphatic carbocycles. The van der Waals surface area contributed by atoms with Crippen LogP contribution in [-0.4, -0.2) is 30.1 Å². The van der Waals surface area contributed by atoms with E-state index in [2.05, 4.69) is 15.8 Å². The summed E-state index contributed by atoms with van der Waals surface area (Å²) in [4.78, 5) is 23.3. The summed E-state index contributed by atoms with van der Waals surface area (Å²) < 4.78 is 5.17. The van der Waals surface area contributed by atoms with Gasteiger partial charge in [0.2, 0.25) is 5.91 Å². The van der Waals surface area contributed by atoms with Crippen LogP contribution in [0.5, 0.6) is 0 Å². The second-order valence-corrected chi connectivity index (χ2v) is 5.14. The van der Waals surface area contributed by atoms with E-state index in [-0.39, 0.29) is 23.4 Å². The van der Waals surface area contributed by atoms with Gasteiger partial charge in [-0.3, -0.25) is 9.59 Å². The Bertz CT molecular complexity index is 635. The minimum atomic E-state index is -0.329. The fraction of sp³-hybridized carbons (Fsp3) is 0.312. The van der Waals surface area contributed by atoms with Gasteiger partial charge >= 0.3 is 0 Å². The maximum atomic E-state index is 11.9. The van der Waals surface area contributed by atoms with Crippen molar-refractivity contribution >= 4 is 11.8 Å². The Kier molecular flexibility index (Phi) is 5.30. The molecule has 0 atom stereocenters. The number of carbonyl (C=O) groups is 2. The topological polar surface area (TPSA) is 84.2 Å². The number of carbonyl (C=O) groups excluding carboxylic acids is 2. The van der Waals surface area contributed by atoms with Crippen LogP contribution in [0.15, 0.2) is 40.9 Å². The quantitative estimate of drug-likeness (QED) is 0.797. The molecule has 0 spiro atoms. The van der Waals surface area contributed by atoms with Crippen LogP contribution >= 0.6 is 0 Å². The smallest absolute Gasteiger partial charge is 0.273 e. The molecule has 0 aliphatic heterocycles. The van der Waals surface area contributed by atoms with E-state index in [9.17, 15) is 9.59 Å². The van der Waals surface area contributed by atoms with Crippen molar-refractivity contribution in [3.8, 4) is 11.3 Å². The Morgan fingerprint density at radius 3 is 2.50 bits per heavy atom. The highest BCUT2D eigenvalue weighted by molar-refractivity contribution is 5.93. The van der Waals surface area contributed by atoms with E-state index in [1.54, 1.807) is 6.07 Å². The number of hydrogen-bond donors (Lipinski definition) is 2. The average molecular weight is 301 g/mol. The van der Waals surface area contributed by atoms with Gasteiger partial charge in [0.1, 0.15) is 0 Å². The molecule has 0 bridgehead atoms. The average Bonchev–Trinajstić information content (AvgIpc) is 3.02. The van der Waals surface area contributed by atoms with Gasteiger partial charge in [0.25, 0.3) is 5.91 Å². The summed E-state index contributed by atoms with van der Waals surface area (Å²) in [7, 11) is 0. The lowest BCUT2D eigenvalue weighted by atomic mass is 10.1. The molecule has 0 aliphatic rings. The lowest BCUT2D eigenvalue weighted by Crippen LogP contribution is -2.36. The standard InChI is InChI=1S/C16H19N3O3/c1-11(2)15(20)17-8-9-18-16(21)13-10-14(22-19-13)12-6-4-3-5-7-12/h3-7,10-11H,8-9H2,1-2H3,(H,17,20)(H,18,21). The Morgan fingerprint density at radius 1 is 1.14 bits per heavy atom. The molecule has 116 valence electrons. The Hall–Kier alpha value is -2.63. The molecule has 22 heavy (non-hydrogen) atoms. The maximum Gasteiger partial charge on any atom is 0.273 e. The van der Waals surface area contributed by atoms with Crippen LogP contribution < -0.4 is 10.6 Å². The van der Waals surface area contributed by atoms with Gasteiger partial charge in [0.15, 0.2) is 11.5 Å². The Balaban J connectivity index is 1.84. The molecule has 0 saturated carbocycles. The predicted octanol–water partition coefficient (Wildman–Crippen LogP) is 1.84. The zero-order chi connectivity index (χ0) is 15.9. The molecule has 6 nitrogen and oxygen atoms in total. The van der Waals surface area contributed by atoms with E-state index < -0.39 is 0 Å². The van der Waals surface area contributed by atoms with E-state index >= 15 is 0 Å². The maximum absolute atomic E-state index is 11.9. The Morgan fingerprint density at radius 2 is 1.82 bits per heavy atom. The minimum absolute atomic E-state index is 0.0398. The number of rotatable bonds is 6.